The van der Waals surface area contributed by atoms with E-state index in [9.17, 15) is 0 Å². The number of rotatable bonds is 13. The van der Waals surface area contributed by atoms with E-state index in [4.69, 9.17) is 11.2 Å². The van der Waals surface area contributed by atoms with Crippen LogP contribution in [0.15, 0.2) is 84.9 Å². The number of aryl methyl sites for hydroxylation is 1. The van der Waals surface area contributed by atoms with Crippen molar-refractivity contribution in [2.75, 3.05) is 6.61 Å². The van der Waals surface area contributed by atoms with Crippen molar-refractivity contribution >= 4 is 9.69 Å². The third-order valence-electron chi connectivity index (χ3n) is 5.84. The number of benzene rings is 3. The van der Waals surface area contributed by atoms with Crippen LogP contribution in [0.4, 0.5) is 0 Å². The Balaban J connectivity index is 0.00000199. The minimum absolute atomic E-state index is 0. The molecule has 186 valence electrons. The second-order valence-corrected chi connectivity index (χ2v) is 8.24. The van der Waals surface area contributed by atoms with Crippen molar-refractivity contribution in [2.45, 2.75) is 50.4 Å². The molecule has 0 bridgehead atoms. The van der Waals surface area contributed by atoms with E-state index < -0.39 is 0 Å². The molecular formula is C32H37ClORu. The van der Waals surface area contributed by atoms with Gasteiger partial charge in [0.2, 0.25) is 0 Å². The summed E-state index contributed by atoms with van der Waals surface area (Å²) in [5.74, 6) is 4.12. The fraction of sp³-hybridized carbons (Fsp3) is 0.281. The van der Waals surface area contributed by atoms with Crippen molar-refractivity contribution in [1.82, 2.24) is 0 Å². The summed E-state index contributed by atoms with van der Waals surface area (Å²) < 4.78 is 5.80. The van der Waals surface area contributed by atoms with Crippen LogP contribution in [0.3, 0.4) is 0 Å². The van der Waals surface area contributed by atoms with Crippen molar-refractivity contribution < 1.29 is 22.0 Å². The van der Waals surface area contributed by atoms with Crippen LogP contribution in [0.5, 0.6) is 5.75 Å². The molecule has 0 aliphatic heterocycles. The number of terminal acetylenes is 1. The van der Waals surface area contributed by atoms with Gasteiger partial charge in [0.15, 0.2) is 0 Å². The predicted octanol–water partition coefficient (Wildman–Crippen LogP) is 8.93. The van der Waals surface area contributed by atoms with Gasteiger partial charge in [-0.15, -0.1) is 12.3 Å². The van der Waals surface area contributed by atoms with Gasteiger partial charge in [-0.1, -0.05) is 90.3 Å². The fourth-order valence-electron chi connectivity index (χ4n) is 3.99. The molecule has 0 saturated heterocycles. The Morgan fingerprint density at radius 1 is 0.857 bits per heavy atom. The average Bonchev–Trinajstić information content (AvgIpc) is 2.91. The first-order valence-electron chi connectivity index (χ1n) is 11.8. The average molecular weight is 574 g/mol. The number of ether oxygens (including phenoxy) is 1. The predicted molar refractivity (Wildman–Crippen MR) is 148 cm³/mol. The van der Waals surface area contributed by atoms with Crippen LogP contribution in [0.1, 0.15) is 60.6 Å². The molecule has 3 heteroatoms. The summed E-state index contributed by atoms with van der Waals surface area (Å²) in [4.78, 5) is 0. The molecule has 0 N–H and O–H groups in total. The zero-order valence-electron chi connectivity index (χ0n) is 20.7. The second kappa shape index (κ2) is 19.2. The van der Waals surface area contributed by atoms with Gasteiger partial charge in [0.05, 0.1) is 6.61 Å². The Morgan fingerprint density at radius 2 is 1.46 bits per heavy atom. The van der Waals surface area contributed by atoms with Crippen LogP contribution in [-0.2, 0) is 23.7 Å². The molecule has 0 aromatic heterocycles. The van der Waals surface area contributed by atoms with E-state index in [1.165, 1.54) is 16.7 Å². The third kappa shape index (κ3) is 11.5. The summed E-state index contributed by atoms with van der Waals surface area (Å²) in [6.07, 6.45) is 13.8. The summed E-state index contributed by atoms with van der Waals surface area (Å²) >= 11 is 1.82. The van der Waals surface area contributed by atoms with Gasteiger partial charge in [-0.25, -0.2) is 0 Å². The number of hydrogen-bond donors (Lipinski definition) is 0. The maximum absolute atomic E-state index is 5.80. The van der Waals surface area contributed by atoms with E-state index in [0.29, 0.717) is 5.92 Å². The first kappa shape index (κ1) is 31.0. The van der Waals surface area contributed by atoms with Crippen LogP contribution >= 0.6 is 9.69 Å². The molecule has 3 aromatic carbocycles. The van der Waals surface area contributed by atoms with Gasteiger partial charge >= 0.3 is 27.0 Å². The van der Waals surface area contributed by atoms with Crippen LogP contribution < -0.4 is 4.74 Å². The van der Waals surface area contributed by atoms with Crippen molar-refractivity contribution in [1.29, 1.82) is 0 Å². The Bertz CT molecular complexity index is 935. The quantitative estimate of drug-likeness (QED) is 0.0858. The fourth-order valence-corrected chi connectivity index (χ4v) is 3.99. The SMILES string of the molecule is C#CCCCCOc1ccc(CCC[CH-]C(c2ccccc2)C([CH2-])c2ccccc2)cc1.[CH3-].[Cl][Ru+3]. The van der Waals surface area contributed by atoms with E-state index >= 15 is 0 Å². The van der Waals surface area contributed by atoms with E-state index in [-0.39, 0.29) is 13.3 Å². The number of halogens is 1. The van der Waals surface area contributed by atoms with Crippen molar-refractivity contribution in [3.63, 3.8) is 0 Å². The van der Waals surface area contributed by atoms with E-state index in [1.54, 1.807) is 0 Å². The molecule has 0 heterocycles. The monoisotopic (exact) mass is 574 g/mol. The number of hydrogen-bond acceptors (Lipinski definition) is 1. The zero-order valence-corrected chi connectivity index (χ0v) is 23.2. The molecule has 0 spiro atoms. The third-order valence-corrected chi connectivity index (χ3v) is 5.84. The summed E-state index contributed by atoms with van der Waals surface area (Å²) in [5.41, 5.74) is 3.97. The zero-order chi connectivity index (χ0) is 24.4. The minimum atomic E-state index is 0. The molecule has 0 aliphatic rings. The Labute approximate surface area is 228 Å². The van der Waals surface area contributed by atoms with E-state index in [0.717, 1.165) is 50.9 Å². The molecule has 0 radical (unpaired) electrons. The molecule has 35 heavy (non-hydrogen) atoms. The molecule has 0 aliphatic carbocycles. The Kier molecular flexibility index (Phi) is 17.0. The van der Waals surface area contributed by atoms with E-state index in [1.807, 2.05) is 17.3 Å². The molecule has 0 fully saturated rings. The van der Waals surface area contributed by atoms with Gasteiger partial charge in [0.25, 0.3) is 0 Å². The summed E-state index contributed by atoms with van der Waals surface area (Å²) in [5, 5.41) is 0. The van der Waals surface area contributed by atoms with Gasteiger partial charge in [0, 0.05) is 6.42 Å². The van der Waals surface area contributed by atoms with Gasteiger partial charge in [0.1, 0.15) is 5.75 Å². The standard InChI is InChI=1S/C31H34O.CH3.ClH.Ru/c1-3-4-5-14-25-32-30-23-21-27(22-24-30)15-12-13-20-31(29-18-10-7-11-19-29)26(2)28-16-8-6-9-17-28;;;/h1,6-11,16-24,26,31H,2,4-5,12-15,25H2;1H3;1H;/q-2;-1;;+4/p-1. The molecular weight excluding hydrogens is 537 g/mol. The van der Waals surface area contributed by atoms with Gasteiger partial charge in [-0.2, -0.15) is 18.3 Å². The second-order valence-electron chi connectivity index (χ2n) is 8.24. The van der Waals surface area contributed by atoms with Crippen LogP contribution in [0.25, 0.3) is 0 Å². The van der Waals surface area contributed by atoms with Crippen LogP contribution in [0.2, 0.25) is 0 Å². The molecule has 2 unspecified atom stereocenters. The van der Waals surface area contributed by atoms with E-state index in [2.05, 4.69) is 114 Å². The van der Waals surface area contributed by atoms with Gasteiger partial charge in [-0.3, -0.25) is 0 Å². The van der Waals surface area contributed by atoms with Gasteiger partial charge < -0.3 is 25.5 Å². The van der Waals surface area contributed by atoms with Crippen molar-refractivity contribution in [3.05, 3.63) is 122 Å². The molecule has 1 nitrogen and oxygen atoms in total. The summed E-state index contributed by atoms with van der Waals surface area (Å²) in [6.45, 7) is 5.24. The normalized spacial score (nSPS) is 11.7. The van der Waals surface area contributed by atoms with Crippen molar-refractivity contribution in [3.8, 4) is 18.1 Å². The van der Waals surface area contributed by atoms with Crippen molar-refractivity contribution in [2.24, 2.45) is 0 Å². The first-order chi connectivity index (χ1) is 16.8. The van der Waals surface area contributed by atoms with Crippen LogP contribution in [0, 0.1) is 33.1 Å². The molecule has 3 aromatic rings. The molecule has 3 rings (SSSR count). The first-order valence-corrected chi connectivity index (χ1v) is 14.1. The number of unbranched alkanes of at least 4 members (excludes halogenated alkanes) is 3. The topological polar surface area (TPSA) is 9.23 Å². The molecule has 2 atom stereocenters. The summed E-state index contributed by atoms with van der Waals surface area (Å²) in [6, 6.07) is 29.9. The molecule has 0 amide bonds. The van der Waals surface area contributed by atoms with Crippen LogP contribution in [-0.4, -0.2) is 6.61 Å². The Hall–Kier alpha value is -2.07. The molecule has 0 saturated carbocycles. The maximum atomic E-state index is 5.80. The van der Waals surface area contributed by atoms with Gasteiger partial charge in [-0.05, 0) is 37.0 Å². The Morgan fingerprint density at radius 3 is 2.06 bits per heavy atom. The summed E-state index contributed by atoms with van der Waals surface area (Å²) in [7, 11) is 4.57.